The van der Waals surface area contributed by atoms with Crippen molar-refractivity contribution in [2.75, 3.05) is 26.2 Å². The molecule has 2 N–H and O–H groups in total. The lowest BCUT2D eigenvalue weighted by Crippen LogP contribution is -2.37. The summed E-state index contributed by atoms with van der Waals surface area (Å²) in [6.07, 6.45) is 1.41. The molecule has 5 rings (SSSR count). The molecule has 2 fully saturated rings. The third kappa shape index (κ3) is 4.77. The summed E-state index contributed by atoms with van der Waals surface area (Å²) in [6, 6.07) is 16.5. The molecule has 0 bridgehead atoms. The van der Waals surface area contributed by atoms with Gasteiger partial charge < -0.3 is 20.1 Å². The molecule has 2 amide bonds. The van der Waals surface area contributed by atoms with Gasteiger partial charge in [0.2, 0.25) is 5.91 Å². The van der Waals surface area contributed by atoms with E-state index in [4.69, 9.17) is 4.74 Å². The van der Waals surface area contributed by atoms with E-state index >= 15 is 0 Å². The van der Waals surface area contributed by atoms with Gasteiger partial charge >= 0.3 is 12.1 Å². The van der Waals surface area contributed by atoms with Gasteiger partial charge in [-0.1, -0.05) is 55.5 Å². The maximum absolute atomic E-state index is 12.6. The summed E-state index contributed by atoms with van der Waals surface area (Å²) in [7, 11) is 0. The maximum atomic E-state index is 12.6. The zero-order valence-corrected chi connectivity index (χ0v) is 20.0. The molecule has 1 aliphatic heterocycles. The summed E-state index contributed by atoms with van der Waals surface area (Å²) in [6.45, 7) is 3.94. The number of benzene rings is 2. The molecule has 7 heteroatoms. The van der Waals surface area contributed by atoms with Crippen molar-refractivity contribution in [3.05, 3.63) is 59.7 Å². The number of piperidine rings is 1. The number of likely N-dealkylation sites (tertiary alicyclic amines) is 1. The fourth-order valence-corrected chi connectivity index (χ4v) is 5.87. The molecule has 2 aromatic carbocycles. The number of rotatable bonds is 8. The summed E-state index contributed by atoms with van der Waals surface area (Å²) >= 11 is 0. The minimum Gasteiger partial charge on any atom is -0.481 e. The van der Waals surface area contributed by atoms with E-state index in [0.717, 1.165) is 6.42 Å². The summed E-state index contributed by atoms with van der Waals surface area (Å²) in [5.41, 5.74) is 4.75. The zero-order valence-electron chi connectivity index (χ0n) is 20.0. The number of hydrogen-bond donors (Lipinski definition) is 2. The van der Waals surface area contributed by atoms with Crippen LogP contribution in [0.2, 0.25) is 0 Å². The number of amides is 2. The van der Waals surface area contributed by atoms with Crippen LogP contribution in [-0.4, -0.2) is 54.2 Å². The van der Waals surface area contributed by atoms with Crippen LogP contribution in [-0.2, 0) is 14.3 Å². The molecule has 7 nitrogen and oxygen atoms in total. The Morgan fingerprint density at radius 2 is 1.71 bits per heavy atom. The average Bonchev–Trinajstić information content (AvgIpc) is 3.52. The first kappa shape index (κ1) is 23.4. The van der Waals surface area contributed by atoms with Gasteiger partial charge in [0.25, 0.3) is 0 Å². The molecule has 35 heavy (non-hydrogen) atoms. The highest BCUT2D eigenvalue weighted by atomic mass is 16.5. The number of alkyl carbamates (subject to hydrolysis) is 1. The predicted octanol–water partition coefficient (Wildman–Crippen LogP) is 4.12. The molecule has 2 aliphatic carbocycles. The van der Waals surface area contributed by atoms with E-state index in [1.54, 1.807) is 0 Å². The lowest BCUT2D eigenvalue weighted by molar-refractivity contribution is -0.139. The first-order chi connectivity index (χ1) is 16.9. The molecule has 0 spiro atoms. The average molecular weight is 477 g/mol. The number of hydrogen-bond acceptors (Lipinski definition) is 4. The summed E-state index contributed by atoms with van der Waals surface area (Å²) in [4.78, 5) is 38.0. The van der Waals surface area contributed by atoms with Gasteiger partial charge in [-0.05, 0) is 52.8 Å². The Morgan fingerprint density at radius 3 is 2.37 bits per heavy atom. The van der Waals surface area contributed by atoms with Gasteiger partial charge in [0, 0.05) is 32.0 Å². The topological polar surface area (TPSA) is 95.9 Å². The van der Waals surface area contributed by atoms with Crippen molar-refractivity contribution in [2.45, 2.75) is 32.1 Å². The van der Waals surface area contributed by atoms with Crippen molar-refractivity contribution in [3.63, 3.8) is 0 Å². The molecule has 2 aromatic rings. The van der Waals surface area contributed by atoms with Crippen molar-refractivity contribution >= 4 is 18.0 Å². The van der Waals surface area contributed by atoms with Crippen LogP contribution in [0, 0.1) is 23.7 Å². The largest absolute Gasteiger partial charge is 0.481 e. The highest BCUT2D eigenvalue weighted by Crippen LogP contribution is 2.51. The van der Waals surface area contributed by atoms with E-state index < -0.39 is 12.1 Å². The van der Waals surface area contributed by atoms with Crippen molar-refractivity contribution < 1.29 is 24.2 Å². The second-order valence-corrected chi connectivity index (χ2v) is 10.2. The monoisotopic (exact) mass is 476 g/mol. The van der Waals surface area contributed by atoms with Gasteiger partial charge in [-0.25, -0.2) is 4.79 Å². The number of nitrogens with zero attached hydrogens (tertiary/aromatic N) is 1. The van der Waals surface area contributed by atoms with E-state index in [2.05, 4.69) is 29.6 Å². The number of nitrogens with one attached hydrogen (secondary N) is 1. The Labute approximate surface area is 205 Å². The summed E-state index contributed by atoms with van der Waals surface area (Å²) in [5.74, 6) is -0.401. The molecule has 2 unspecified atom stereocenters. The number of carbonyl (C=O) groups is 3. The number of carboxylic acid groups (broad SMARTS) is 1. The molecule has 0 aromatic heterocycles. The van der Waals surface area contributed by atoms with Crippen LogP contribution >= 0.6 is 0 Å². The lowest BCUT2D eigenvalue weighted by Gasteiger charge is -2.26. The van der Waals surface area contributed by atoms with E-state index in [1.807, 2.05) is 36.1 Å². The highest BCUT2D eigenvalue weighted by Gasteiger charge is 2.57. The third-order valence-corrected chi connectivity index (χ3v) is 7.92. The van der Waals surface area contributed by atoms with Crippen molar-refractivity contribution in [1.82, 2.24) is 10.2 Å². The number of aliphatic carboxylic acids is 1. The van der Waals surface area contributed by atoms with Gasteiger partial charge in [0.15, 0.2) is 0 Å². The number of ether oxygens (including phenoxy) is 1. The Morgan fingerprint density at radius 1 is 1.06 bits per heavy atom. The Hall–Kier alpha value is -3.35. The molecular formula is C28H32N2O5. The normalized spacial score (nSPS) is 23.0. The molecule has 3 aliphatic rings. The quantitative estimate of drug-likeness (QED) is 0.598. The molecule has 1 saturated heterocycles. The fraction of sp³-hybridized carbons (Fsp3) is 0.464. The molecule has 4 atom stereocenters. The van der Waals surface area contributed by atoms with Crippen LogP contribution in [0.1, 0.15) is 43.2 Å². The van der Waals surface area contributed by atoms with Gasteiger partial charge in [-0.3, -0.25) is 9.59 Å². The second kappa shape index (κ2) is 9.72. The SMILES string of the molecule is CC(CCC(=O)N1CC[C@@H]2C(C(=O)O)[C@@H]2C1)CNC(=O)OCC1c2ccccc2-c2ccccc21. The van der Waals surface area contributed by atoms with Gasteiger partial charge in [0.05, 0.1) is 5.92 Å². The number of fused-ring (bicyclic) bond motifs is 4. The maximum Gasteiger partial charge on any atom is 0.407 e. The van der Waals surface area contributed by atoms with E-state index in [0.29, 0.717) is 32.5 Å². The molecule has 1 heterocycles. The van der Waals surface area contributed by atoms with Crippen LogP contribution < -0.4 is 5.32 Å². The van der Waals surface area contributed by atoms with Gasteiger partial charge in [0.1, 0.15) is 6.61 Å². The van der Waals surface area contributed by atoms with Crippen molar-refractivity contribution in [1.29, 1.82) is 0 Å². The molecular weight excluding hydrogens is 444 g/mol. The van der Waals surface area contributed by atoms with Crippen molar-refractivity contribution in [2.24, 2.45) is 23.7 Å². The van der Waals surface area contributed by atoms with Crippen LogP contribution in [0.15, 0.2) is 48.5 Å². The first-order valence-corrected chi connectivity index (χ1v) is 12.5. The predicted molar refractivity (Wildman–Crippen MR) is 131 cm³/mol. The first-order valence-electron chi connectivity index (χ1n) is 12.5. The zero-order chi connectivity index (χ0) is 24.5. The van der Waals surface area contributed by atoms with Crippen LogP contribution in [0.5, 0.6) is 0 Å². The lowest BCUT2D eigenvalue weighted by atomic mass is 9.98. The number of carbonyl (C=O) groups excluding carboxylic acids is 2. The third-order valence-electron chi connectivity index (χ3n) is 7.92. The minimum absolute atomic E-state index is 0.0273. The molecule has 184 valence electrons. The number of carboxylic acids is 1. The van der Waals surface area contributed by atoms with Crippen molar-refractivity contribution in [3.8, 4) is 11.1 Å². The minimum atomic E-state index is -0.734. The standard InChI is InChI=1S/C28H32N2O5/c1-17(10-11-25(31)30-13-12-22-23(15-30)26(22)27(32)33)14-29-28(34)35-16-24-20-8-4-2-6-18(20)19-7-3-5-9-21(19)24/h2-9,17,22-24,26H,10-16H2,1H3,(H,29,34)(H,32,33)/t17?,22-,23+,26?/m0/s1. The second-order valence-electron chi connectivity index (χ2n) is 10.2. The Kier molecular flexibility index (Phi) is 6.50. The van der Waals surface area contributed by atoms with Crippen LogP contribution in [0.4, 0.5) is 4.79 Å². The summed E-state index contributed by atoms with van der Waals surface area (Å²) < 4.78 is 5.58. The Balaban J connectivity index is 1.04. The smallest absolute Gasteiger partial charge is 0.407 e. The summed E-state index contributed by atoms with van der Waals surface area (Å²) in [5, 5.41) is 12.1. The van der Waals surface area contributed by atoms with Gasteiger partial charge in [-0.15, -0.1) is 0 Å². The van der Waals surface area contributed by atoms with E-state index in [9.17, 15) is 19.5 Å². The fourth-order valence-electron chi connectivity index (χ4n) is 5.87. The molecule has 1 saturated carbocycles. The van der Waals surface area contributed by atoms with Crippen LogP contribution in [0.3, 0.4) is 0 Å². The Bertz CT molecular complexity index is 1090. The highest BCUT2D eigenvalue weighted by molar-refractivity contribution is 5.79. The molecule has 0 radical (unpaired) electrons. The van der Waals surface area contributed by atoms with Crippen LogP contribution in [0.25, 0.3) is 11.1 Å². The van der Waals surface area contributed by atoms with E-state index in [-0.39, 0.29) is 42.1 Å². The van der Waals surface area contributed by atoms with E-state index in [1.165, 1.54) is 22.3 Å². The van der Waals surface area contributed by atoms with Gasteiger partial charge in [-0.2, -0.15) is 0 Å².